The Morgan fingerprint density at radius 1 is 1.45 bits per heavy atom. The molecule has 5 heteroatoms. The van der Waals surface area contributed by atoms with Crippen LogP contribution in [0, 0.1) is 6.92 Å². The van der Waals surface area contributed by atoms with Crippen molar-refractivity contribution in [3.8, 4) is 5.75 Å². The Labute approximate surface area is 123 Å². The number of rotatable bonds is 6. The molecule has 0 radical (unpaired) electrons. The summed E-state index contributed by atoms with van der Waals surface area (Å²) in [6.07, 6.45) is 1.66. The largest absolute Gasteiger partial charge is 0.496 e. The topological polar surface area (TPSA) is 47.3 Å². The fraction of sp³-hybridized carbons (Fsp3) is 0.400. The lowest BCUT2D eigenvalue weighted by Gasteiger charge is -2.19. The summed E-state index contributed by atoms with van der Waals surface area (Å²) in [5.41, 5.74) is 2.02. The molecule has 4 nitrogen and oxygen atoms in total. The average molecular weight is 292 g/mol. The summed E-state index contributed by atoms with van der Waals surface area (Å²) in [7, 11) is 1.70. The van der Waals surface area contributed by atoms with Gasteiger partial charge in [0.1, 0.15) is 12.0 Å². The van der Waals surface area contributed by atoms with Gasteiger partial charge in [-0.25, -0.2) is 4.98 Å². The Kier molecular flexibility index (Phi) is 5.09. The fourth-order valence-electron chi connectivity index (χ4n) is 2.10. The molecule has 0 saturated carbocycles. The second-order valence-electron chi connectivity index (χ2n) is 4.51. The fourth-order valence-corrected chi connectivity index (χ4v) is 3.11. The highest BCUT2D eigenvalue weighted by atomic mass is 32.2. The molecular formula is C15H20N2O2S. The van der Waals surface area contributed by atoms with E-state index < -0.39 is 0 Å². The molecule has 1 N–H and O–H groups in total. The van der Waals surface area contributed by atoms with E-state index in [1.807, 2.05) is 19.1 Å². The first kappa shape index (κ1) is 14.9. The quantitative estimate of drug-likeness (QED) is 0.877. The number of oxazole rings is 1. The number of aryl methyl sites for hydroxylation is 1. The van der Waals surface area contributed by atoms with E-state index in [0.29, 0.717) is 5.22 Å². The van der Waals surface area contributed by atoms with Crippen molar-refractivity contribution in [3.63, 3.8) is 0 Å². The van der Waals surface area contributed by atoms with Gasteiger partial charge in [0.25, 0.3) is 5.22 Å². The molecule has 1 atom stereocenters. The van der Waals surface area contributed by atoms with Crippen molar-refractivity contribution in [3.05, 3.63) is 35.7 Å². The molecule has 2 rings (SSSR count). The van der Waals surface area contributed by atoms with Crippen LogP contribution in [-0.4, -0.2) is 18.6 Å². The summed E-state index contributed by atoms with van der Waals surface area (Å²) in [4.78, 5) is 5.44. The van der Waals surface area contributed by atoms with Crippen molar-refractivity contribution < 1.29 is 9.15 Å². The number of nitrogens with one attached hydrogen (secondary N) is 1. The number of ether oxygens (including phenoxy) is 1. The maximum atomic E-state index is 5.49. The van der Waals surface area contributed by atoms with E-state index in [-0.39, 0.29) is 6.04 Å². The van der Waals surface area contributed by atoms with Gasteiger partial charge in [-0.2, -0.15) is 0 Å². The van der Waals surface area contributed by atoms with Crippen LogP contribution in [0.15, 0.2) is 39.0 Å². The number of nitrogens with zero attached hydrogens (tertiary/aromatic N) is 1. The highest BCUT2D eigenvalue weighted by molar-refractivity contribution is 7.99. The molecule has 1 aromatic carbocycles. The average Bonchev–Trinajstić information content (AvgIpc) is 2.84. The van der Waals surface area contributed by atoms with Gasteiger partial charge in [0.15, 0.2) is 0 Å². The number of hydrogen-bond donors (Lipinski definition) is 1. The SMILES string of the molecule is CCNC(C)c1c(OC)cccc1Sc1nc(C)co1. The Morgan fingerprint density at radius 3 is 2.85 bits per heavy atom. The molecule has 0 saturated heterocycles. The van der Waals surface area contributed by atoms with E-state index in [2.05, 4.69) is 30.2 Å². The van der Waals surface area contributed by atoms with Crippen LogP contribution in [0.3, 0.4) is 0 Å². The molecule has 2 aromatic rings. The Morgan fingerprint density at radius 2 is 2.25 bits per heavy atom. The first-order valence-electron chi connectivity index (χ1n) is 6.66. The number of hydrogen-bond acceptors (Lipinski definition) is 5. The lowest BCUT2D eigenvalue weighted by Crippen LogP contribution is -2.19. The van der Waals surface area contributed by atoms with Crippen LogP contribution in [-0.2, 0) is 0 Å². The monoisotopic (exact) mass is 292 g/mol. The van der Waals surface area contributed by atoms with Gasteiger partial charge in [-0.1, -0.05) is 13.0 Å². The molecule has 0 spiro atoms. The molecule has 0 bridgehead atoms. The minimum absolute atomic E-state index is 0.203. The summed E-state index contributed by atoms with van der Waals surface area (Å²) in [5, 5.41) is 4.08. The summed E-state index contributed by atoms with van der Waals surface area (Å²) >= 11 is 1.52. The molecule has 0 aliphatic rings. The third kappa shape index (κ3) is 3.35. The van der Waals surface area contributed by atoms with Crippen molar-refractivity contribution in [2.45, 2.75) is 36.9 Å². The Bertz CT molecular complexity index is 569. The molecule has 20 heavy (non-hydrogen) atoms. The van der Waals surface area contributed by atoms with Crippen LogP contribution in [0.2, 0.25) is 0 Å². The van der Waals surface area contributed by atoms with Gasteiger partial charge >= 0.3 is 0 Å². The second kappa shape index (κ2) is 6.81. The van der Waals surface area contributed by atoms with E-state index in [1.54, 1.807) is 13.4 Å². The molecule has 0 amide bonds. The molecule has 0 fully saturated rings. The molecule has 0 aliphatic heterocycles. The minimum Gasteiger partial charge on any atom is -0.496 e. The molecule has 1 heterocycles. The molecule has 0 aliphatic carbocycles. The van der Waals surface area contributed by atoms with E-state index in [4.69, 9.17) is 9.15 Å². The number of methoxy groups -OCH3 is 1. The summed E-state index contributed by atoms with van der Waals surface area (Å²) in [5.74, 6) is 0.881. The summed E-state index contributed by atoms with van der Waals surface area (Å²) in [6, 6.07) is 6.23. The van der Waals surface area contributed by atoms with Crippen molar-refractivity contribution in [1.29, 1.82) is 0 Å². The van der Waals surface area contributed by atoms with Gasteiger partial charge in [0, 0.05) is 16.5 Å². The van der Waals surface area contributed by atoms with E-state index in [1.165, 1.54) is 11.8 Å². The minimum atomic E-state index is 0.203. The third-order valence-electron chi connectivity index (χ3n) is 2.98. The zero-order valence-electron chi connectivity index (χ0n) is 12.3. The smallest absolute Gasteiger partial charge is 0.260 e. The van der Waals surface area contributed by atoms with Crippen LogP contribution in [0.1, 0.15) is 31.1 Å². The van der Waals surface area contributed by atoms with Crippen molar-refractivity contribution in [1.82, 2.24) is 10.3 Å². The van der Waals surface area contributed by atoms with Crippen molar-refractivity contribution >= 4 is 11.8 Å². The second-order valence-corrected chi connectivity index (χ2v) is 5.50. The van der Waals surface area contributed by atoms with Gasteiger partial charge < -0.3 is 14.5 Å². The van der Waals surface area contributed by atoms with Crippen LogP contribution in [0.4, 0.5) is 0 Å². The first-order chi connectivity index (χ1) is 9.65. The third-order valence-corrected chi connectivity index (χ3v) is 3.92. The predicted octanol–water partition coefficient (Wildman–Crippen LogP) is 3.81. The highest BCUT2D eigenvalue weighted by Crippen LogP contribution is 2.37. The normalized spacial score (nSPS) is 12.4. The molecule has 1 aromatic heterocycles. The van der Waals surface area contributed by atoms with Crippen molar-refractivity contribution in [2.75, 3.05) is 13.7 Å². The van der Waals surface area contributed by atoms with Gasteiger partial charge in [0.05, 0.1) is 12.8 Å². The van der Waals surface area contributed by atoms with Crippen LogP contribution in [0.5, 0.6) is 5.75 Å². The zero-order valence-corrected chi connectivity index (χ0v) is 13.1. The molecule has 108 valence electrons. The van der Waals surface area contributed by atoms with Gasteiger partial charge in [-0.15, -0.1) is 0 Å². The standard InChI is InChI=1S/C15H20N2O2S/c1-5-16-11(3)14-12(18-4)7-6-8-13(14)20-15-17-10(2)9-19-15/h6-9,11,16H,5H2,1-4H3. The van der Waals surface area contributed by atoms with Crippen LogP contribution in [0.25, 0.3) is 0 Å². The number of benzene rings is 1. The zero-order chi connectivity index (χ0) is 14.5. The lowest BCUT2D eigenvalue weighted by atomic mass is 10.1. The van der Waals surface area contributed by atoms with Crippen LogP contribution < -0.4 is 10.1 Å². The van der Waals surface area contributed by atoms with Crippen molar-refractivity contribution in [2.24, 2.45) is 0 Å². The first-order valence-corrected chi connectivity index (χ1v) is 7.47. The maximum absolute atomic E-state index is 5.49. The molecular weight excluding hydrogens is 272 g/mol. The lowest BCUT2D eigenvalue weighted by molar-refractivity contribution is 0.399. The number of aromatic nitrogens is 1. The molecule has 1 unspecified atom stereocenters. The van der Waals surface area contributed by atoms with Crippen LogP contribution >= 0.6 is 11.8 Å². The predicted molar refractivity (Wildman–Crippen MR) is 80.4 cm³/mol. The van der Waals surface area contributed by atoms with E-state index >= 15 is 0 Å². The van der Waals surface area contributed by atoms with E-state index in [0.717, 1.165) is 28.4 Å². The Hall–Kier alpha value is -1.46. The van der Waals surface area contributed by atoms with Gasteiger partial charge in [-0.05, 0) is 44.3 Å². The van der Waals surface area contributed by atoms with Gasteiger partial charge in [0.2, 0.25) is 0 Å². The van der Waals surface area contributed by atoms with Gasteiger partial charge in [-0.3, -0.25) is 0 Å². The van der Waals surface area contributed by atoms with E-state index in [9.17, 15) is 0 Å². The Balaban J connectivity index is 2.35. The highest BCUT2D eigenvalue weighted by Gasteiger charge is 2.17. The summed E-state index contributed by atoms with van der Waals surface area (Å²) in [6.45, 7) is 7.05. The maximum Gasteiger partial charge on any atom is 0.260 e. The summed E-state index contributed by atoms with van der Waals surface area (Å²) < 4.78 is 10.9.